The van der Waals surface area contributed by atoms with Gasteiger partial charge in [0.25, 0.3) is 0 Å². The quantitative estimate of drug-likeness (QED) is 0.0505. The number of carboxylic acids is 1. The maximum Gasteiger partial charge on any atom is 0.328 e. The molecule has 6 N–H and O–H groups in total. The van der Waals surface area contributed by atoms with E-state index in [4.69, 9.17) is 16.2 Å². The first-order valence-electron chi connectivity index (χ1n) is 18.3. The molecule has 3 aromatic rings. The second kappa shape index (κ2) is 18.5. The molecule has 5 atom stereocenters. The van der Waals surface area contributed by atoms with Crippen LogP contribution in [0.1, 0.15) is 93.2 Å². The van der Waals surface area contributed by atoms with E-state index in [1.165, 1.54) is 22.6 Å². The van der Waals surface area contributed by atoms with E-state index in [1.807, 2.05) is 24.4 Å². The van der Waals surface area contributed by atoms with Gasteiger partial charge in [0.15, 0.2) is 5.96 Å². The summed E-state index contributed by atoms with van der Waals surface area (Å²) in [7, 11) is 0. The summed E-state index contributed by atoms with van der Waals surface area (Å²) in [6.07, 6.45) is 16.1. The van der Waals surface area contributed by atoms with Gasteiger partial charge in [-0.05, 0) is 102 Å². The molecule has 2 aromatic carbocycles. The van der Waals surface area contributed by atoms with E-state index in [0.717, 1.165) is 81.3 Å². The van der Waals surface area contributed by atoms with E-state index in [9.17, 15) is 19.5 Å². The molecular formula is C40H52N5O5-. The average molecular weight is 683 g/mol. The highest BCUT2D eigenvalue weighted by Crippen LogP contribution is 2.45. The van der Waals surface area contributed by atoms with E-state index in [-0.39, 0.29) is 36.4 Å². The predicted molar refractivity (Wildman–Crippen MR) is 198 cm³/mol. The first-order valence-corrected chi connectivity index (χ1v) is 18.3. The number of carbonyl (C=O) groups excluding carboxylic acids is 2. The van der Waals surface area contributed by atoms with Crippen LogP contribution in [0.15, 0.2) is 65.3 Å². The maximum absolute atomic E-state index is 12.2. The molecule has 10 heteroatoms. The molecule has 0 amide bonds. The largest absolute Gasteiger partial charge is 0.478 e. The number of H-pyrrole nitrogens is 1. The molecule has 0 bridgehead atoms. The van der Waals surface area contributed by atoms with Crippen molar-refractivity contribution in [2.24, 2.45) is 22.6 Å². The Morgan fingerprint density at radius 2 is 1.88 bits per heavy atom. The number of carbonyl (C=O) groups is 3. The van der Waals surface area contributed by atoms with Gasteiger partial charge in [0.2, 0.25) is 0 Å². The van der Waals surface area contributed by atoms with Gasteiger partial charge in [0, 0.05) is 31.6 Å². The van der Waals surface area contributed by atoms with Crippen LogP contribution in [-0.2, 0) is 27.2 Å². The number of nitrogens with two attached hydrogens (primary N) is 1. The molecule has 1 aromatic heterocycles. The Balaban J connectivity index is 1.41. The molecule has 0 fully saturated rings. The Kier molecular flexibility index (Phi) is 13.6. The van der Waals surface area contributed by atoms with Crippen LogP contribution in [0.2, 0.25) is 0 Å². The zero-order valence-electron chi connectivity index (χ0n) is 28.9. The number of nitrogens with zero attached hydrogens (tertiary/aromatic N) is 2. The van der Waals surface area contributed by atoms with Crippen LogP contribution in [-0.4, -0.2) is 64.9 Å². The summed E-state index contributed by atoms with van der Waals surface area (Å²) in [6, 6.07) is 14.1. The van der Waals surface area contributed by atoms with E-state index < -0.39 is 5.97 Å². The summed E-state index contributed by atoms with van der Waals surface area (Å²) in [5, 5.41) is 29.8. The minimum absolute atomic E-state index is 0.0165. The van der Waals surface area contributed by atoms with E-state index in [1.54, 1.807) is 0 Å². The molecule has 10 nitrogen and oxygen atoms in total. The summed E-state index contributed by atoms with van der Waals surface area (Å²) in [4.78, 5) is 42.5. The minimum Gasteiger partial charge on any atom is -0.478 e. The van der Waals surface area contributed by atoms with Crippen molar-refractivity contribution in [3.63, 3.8) is 0 Å². The number of unbranched alkanes of at least 4 members (excludes halogenated alkanes) is 3. The Labute approximate surface area is 295 Å². The highest BCUT2D eigenvalue weighted by atomic mass is 16.4. The molecule has 5 rings (SSSR count). The highest BCUT2D eigenvalue weighted by Gasteiger charge is 2.33. The monoisotopic (exact) mass is 682 g/mol. The second-order valence-electron chi connectivity index (χ2n) is 13.9. The molecular weight excluding hydrogens is 630 g/mol. The minimum atomic E-state index is -1.01. The van der Waals surface area contributed by atoms with Crippen molar-refractivity contribution in [1.82, 2.24) is 10.3 Å². The lowest BCUT2D eigenvalue weighted by Crippen LogP contribution is -2.47. The number of aliphatic hydroxyl groups excluding tert-OH is 1. The molecule has 268 valence electrons. The molecule has 5 unspecified atom stereocenters. The number of rotatable bonds is 20. The van der Waals surface area contributed by atoms with Gasteiger partial charge in [-0.3, -0.25) is 4.99 Å². The van der Waals surface area contributed by atoms with Gasteiger partial charge in [-0.15, -0.1) is 0 Å². The van der Waals surface area contributed by atoms with Gasteiger partial charge in [0.1, 0.15) is 12.6 Å². The number of carboxylic acid groups (broad SMARTS) is 1. The molecule has 2 heterocycles. The third-order valence-electron chi connectivity index (χ3n) is 10.5. The zero-order valence-corrected chi connectivity index (χ0v) is 28.9. The van der Waals surface area contributed by atoms with Crippen LogP contribution >= 0.6 is 0 Å². The van der Waals surface area contributed by atoms with Crippen molar-refractivity contribution in [3.8, 4) is 0 Å². The van der Waals surface area contributed by atoms with E-state index in [2.05, 4.69) is 39.6 Å². The maximum atomic E-state index is 12.2. The lowest BCUT2D eigenvalue weighted by atomic mass is 9.69. The molecule has 2 aliphatic rings. The van der Waals surface area contributed by atoms with Gasteiger partial charge < -0.3 is 41.2 Å². The van der Waals surface area contributed by atoms with E-state index in [0.29, 0.717) is 49.6 Å². The predicted octanol–water partition coefficient (Wildman–Crippen LogP) is 6.64. The number of aliphatic hydroxyl groups is 1. The lowest BCUT2D eigenvalue weighted by molar-refractivity contribution is -0.131. The van der Waals surface area contributed by atoms with Crippen molar-refractivity contribution in [2.45, 2.75) is 101 Å². The third kappa shape index (κ3) is 10.1. The van der Waals surface area contributed by atoms with Gasteiger partial charge in [-0.2, -0.15) is 0 Å². The van der Waals surface area contributed by atoms with Crippen molar-refractivity contribution in [1.29, 1.82) is 0 Å². The van der Waals surface area contributed by atoms with Crippen molar-refractivity contribution < 1.29 is 24.6 Å². The molecule has 50 heavy (non-hydrogen) atoms. The molecule has 1 aliphatic carbocycles. The fraction of sp³-hybridized carbons (Fsp3) is 0.500. The number of aliphatic carboxylic acids is 1. The van der Waals surface area contributed by atoms with Crippen LogP contribution in [0.25, 0.3) is 16.1 Å². The topological polar surface area (TPSA) is 172 Å². The molecule has 0 spiro atoms. The Hall–Kier alpha value is -4.44. The van der Waals surface area contributed by atoms with Crippen LogP contribution in [0.4, 0.5) is 5.82 Å². The van der Waals surface area contributed by atoms with Crippen LogP contribution in [0, 0.1) is 11.8 Å². The fourth-order valence-corrected chi connectivity index (χ4v) is 7.98. The summed E-state index contributed by atoms with van der Waals surface area (Å²) in [6.45, 7) is 0.636. The Morgan fingerprint density at radius 1 is 1.04 bits per heavy atom. The SMILES string of the molecule is NC1=NCCC(C(=CC(=O)O)C(CC2CCc3cc4ccc(CC=O)cc4cc3C2CCCCCCC(C=O)CCCO)[N-]c2ccc[nH]2)N1. The van der Waals surface area contributed by atoms with Crippen LogP contribution < -0.4 is 11.1 Å². The average Bonchev–Trinajstić information content (AvgIpc) is 3.63. The summed E-state index contributed by atoms with van der Waals surface area (Å²) in [5.74, 6) is 0.538. The van der Waals surface area contributed by atoms with Crippen molar-refractivity contribution >= 4 is 41.1 Å². The van der Waals surface area contributed by atoms with Gasteiger partial charge in [-0.25, -0.2) is 4.79 Å². The lowest BCUT2D eigenvalue weighted by Gasteiger charge is -2.40. The molecule has 1 aliphatic heterocycles. The number of nitrogens with one attached hydrogen (secondary N) is 2. The smallest absolute Gasteiger partial charge is 0.328 e. The zero-order chi connectivity index (χ0) is 35.3. The molecule has 0 radical (unpaired) electrons. The van der Waals surface area contributed by atoms with Gasteiger partial charge in [-0.1, -0.05) is 80.2 Å². The normalized spacial score (nSPS) is 20.3. The van der Waals surface area contributed by atoms with Crippen molar-refractivity contribution in [3.05, 3.63) is 82.3 Å². The van der Waals surface area contributed by atoms with E-state index >= 15 is 0 Å². The number of hydrogen-bond acceptors (Lipinski definition) is 7. The van der Waals surface area contributed by atoms with Crippen LogP contribution in [0.3, 0.4) is 0 Å². The number of benzene rings is 2. The summed E-state index contributed by atoms with van der Waals surface area (Å²) in [5.41, 5.74) is 10.5. The Bertz CT molecular complexity index is 1630. The fourth-order valence-electron chi connectivity index (χ4n) is 7.98. The highest BCUT2D eigenvalue weighted by molar-refractivity contribution is 5.86. The number of aromatic amines is 1. The summed E-state index contributed by atoms with van der Waals surface area (Å²) >= 11 is 0. The number of fused-ring (bicyclic) bond motifs is 2. The van der Waals surface area contributed by atoms with Gasteiger partial charge in [0.05, 0.1) is 6.04 Å². The van der Waals surface area contributed by atoms with Gasteiger partial charge >= 0.3 is 5.97 Å². The van der Waals surface area contributed by atoms with Crippen molar-refractivity contribution in [2.75, 3.05) is 13.2 Å². The standard InChI is InChI=1S/C40H52N5O5/c41-40-43-18-15-36(45-40)35(25-39(49)50)37(44-38-10-5-17-42-38)24-31-14-13-30-22-29-12-11-27(16-20-47)21-32(29)23-34(30)33(31)9-4-2-1-3-7-28(26-48)8-6-19-46/h5,10-12,17,20-23,25-26,28,31,33,36-37,42,46H,1-4,6-9,13-16,18-19,24H2,(H,49,50)(H3,41,43,45)/q-1. The number of aromatic nitrogens is 1. The second-order valence-corrected chi connectivity index (χ2v) is 13.9. The number of aldehydes is 2. The molecule has 0 saturated heterocycles. The number of hydrogen-bond donors (Lipinski definition) is 5. The number of aliphatic imine (C=N–C) groups is 1. The molecule has 0 saturated carbocycles. The number of guanidine groups is 1. The third-order valence-corrected chi connectivity index (χ3v) is 10.5. The number of aryl methyl sites for hydroxylation is 1. The summed E-state index contributed by atoms with van der Waals surface area (Å²) < 4.78 is 0. The first-order chi connectivity index (χ1) is 24.4. The first kappa shape index (κ1) is 36.8. The van der Waals surface area contributed by atoms with Crippen LogP contribution in [0.5, 0.6) is 0 Å². The Morgan fingerprint density at radius 3 is 2.62 bits per heavy atom.